The topological polar surface area (TPSA) is 40.6 Å². The SMILES string of the molecule is COCCCOCCOc1ccc(Cl)nc1. The number of nitrogens with zero attached hydrogens (tertiary/aromatic N) is 1. The Morgan fingerprint density at radius 2 is 2.06 bits per heavy atom. The number of hydrogen-bond donors (Lipinski definition) is 0. The zero-order valence-electron chi connectivity index (χ0n) is 9.32. The van der Waals surface area contributed by atoms with Gasteiger partial charge in [-0.1, -0.05) is 11.6 Å². The molecule has 0 fully saturated rings. The van der Waals surface area contributed by atoms with Crippen molar-refractivity contribution in [3.8, 4) is 5.75 Å². The average Bonchev–Trinajstić information content (AvgIpc) is 2.30. The molecule has 0 aliphatic rings. The molecule has 16 heavy (non-hydrogen) atoms. The molecule has 1 aromatic heterocycles. The second-order valence-electron chi connectivity index (χ2n) is 3.12. The molecule has 0 bridgehead atoms. The molecular formula is C11H16ClNO3. The predicted octanol–water partition coefficient (Wildman–Crippen LogP) is 2.17. The second-order valence-corrected chi connectivity index (χ2v) is 3.51. The van der Waals surface area contributed by atoms with Gasteiger partial charge >= 0.3 is 0 Å². The first-order valence-electron chi connectivity index (χ1n) is 5.14. The Kier molecular flexibility index (Phi) is 6.88. The molecular weight excluding hydrogens is 230 g/mol. The molecule has 0 amide bonds. The maximum Gasteiger partial charge on any atom is 0.137 e. The summed E-state index contributed by atoms with van der Waals surface area (Å²) in [5.74, 6) is 0.699. The Morgan fingerprint density at radius 1 is 1.19 bits per heavy atom. The van der Waals surface area contributed by atoms with Gasteiger partial charge in [0.05, 0.1) is 12.8 Å². The van der Waals surface area contributed by atoms with E-state index in [4.69, 9.17) is 25.8 Å². The summed E-state index contributed by atoms with van der Waals surface area (Å²) in [5, 5.41) is 0.461. The molecule has 90 valence electrons. The third kappa shape index (κ3) is 5.90. The molecule has 0 unspecified atom stereocenters. The first-order valence-corrected chi connectivity index (χ1v) is 5.52. The highest BCUT2D eigenvalue weighted by molar-refractivity contribution is 6.29. The van der Waals surface area contributed by atoms with Crippen LogP contribution in [0, 0.1) is 0 Å². The number of halogens is 1. The molecule has 0 saturated carbocycles. The van der Waals surface area contributed by atoms with Crippen molar-refractivity contribution in [1.29, 1.82) is 0 Å². The van der Waals surface area contributed by atoms with Gasteiger partial charge in [0, 0.05) is 20.3 Å². The van der Waals surface area contributed by atoms with Crippen LogP contribution in [0.5, 0.6) is 5.75 Å². The van der Waals surface area contributed by atoms with Crippen LogP contribution < -0.4 is 4.74 Å². The van der Waals surface area contributed by atoms with Crippen molar-refractivity contribution >= 4 is 11.6 Å². The van der Waals surface area contributed by atoms with E-state index in [0.717, 1.165) is 13.0 Å². The van der Waals surface area contributed by atoms with E-state index in [-0.39, 0.29) is 0 Å². The third-order valence-electron chi connectivity index (χ3n) is 1.83. The first-order chi connectivity index (χ1) is 7.83. The lowest BCUT2D eigenvalue weighted by Gasteiger charge is -2.06. The Bertz CT molecular complexity index is 279. The van der Waals surface area contributed by atoms with E-state index in [1.54, 1.807) is 25.4 Å². The number of rotatable bonds is 8. The summed E-state index contributed by atoms with van der Waals surface area (Å²) in [4.78, 5) is 3.90. The highest BCUT2D eigenvalue weighted by Crippen LogP contribution is 2.11. The molecule has 0 spiro atoms. The standard InChI is InChI=1S/C11H16ClNO3/c1-14-5-2-6-15-7-8-16-10-3-4-11(12)13-9-10/h3-4,9H,2,5-8H2,1H3. The molecule has 1 aromatic rings. The lowest BCUT2D eigenvalue weighted by Crippen LogP contribution is -2.08. The van der Waals surface area contributed by atoms with Gasteiger partial charge in [-0.3, -0.25) is 0 Å². The van der Waals surface area contributed by atoms with Crippen LogP contribution in [0.4, 0.5) is 0 Å². The van der Waals surface area contributed by atoms with Gasteiger partial charge in [0.15, 0.2) is 0 Å². The van der Waals surface area contributed by atoms with Crippen molar-refractivity contribution < 1.29 is 14.2 Å². The molecule has 0 radical (unpaired) electrons. The molecule has 0 atom stereocenters. The molecule has 1 heterocycles. The minimum Gasteiger partial charge on any atom is -0.490 e. The molecule has 0 aliphatic carbocycles. The van der Waals surface area contributed by atoms with Crippen molar-refractivity contribution in [2.75, 3.05) is 33.5 Å². The fourth-order valence-electron chi connectivity index (χ4n) is 1.07. The van der Waals surface area contributed by atoms with Gasteiger partial charge in [-0.25, -0.2) is 4.98 Å². The lowest BCUT2D eigenvalue weighted by atomic mass is 10.5. The molecule has 0 aromatic carbocycles. The summed E-state index contributed by atoms with van der Waals surface area (Å²) in [5.41, 5.74) is 0. The largest absolute Gasteiger partial charge is 0.490 e. The molecule has 0 aliphatic heterocycles. The summed E-state index contributed by atoms with van der Waals surface area (Å²) in [6, 6.07) is 3.47. The maximum absolute atomic E-state index is 5.64. The van der Waals surface area contributed by atoms with Gasteiger partial charge < -0.3 is 14.2 Å². The molecule has 0 N–H and O–H groups in total. The molecule has 5 heteroatoms. The minimum atomic E-state index is 0.461. The van der Waals surface area contributed by atoms with E-state index < -0.39 is 0 Å². The number of hydrogen-bond acceptors (Lipinski definition) is 4. The molecule has 0 saturated heterocycles. The van der Waals surface area contributed by atoms with Gasteiger partial charge in [0.1, 0.15) is 17.5 Å². The van der Waals surface area contributed by atoms with Crippen molar-refractivity contribution in [2.24, 2.45) is 0 Å². The predicted molar refractivity (Wildman–Crippen MR) is 62.1 cm³/mol. The smallest absolute Gasteiger partial charge is 0.137 e. The summed E-state index contributed by atoms with van der Waals surface area (Å²) in [7, 11) is 1.68. The average molecular weight is 246 g/mol. The van der Waals surface area contributed by atoms with E-state index in [9.17, 15) is 0 Å². The van der Waals surface area contributed by atoms with Crippen molar-refractivity contribution in [3.05, 3.63) is 23.5 Å². The molecule has 4 nitrogen and oxygen atoms in total. The van der Waals surface area contributed by atoms with Crippen molar-refractivity contribution in [3.63, 3.8) is 0 Å². The Labute approximate surface area is 100 Å². The van der Waals surface area contributed by atoms with Crippen LogP contribution in [-0.2, 0) is 9.47 Å². The number of aromatic nitrogens is 1. The number of ether oxygens (including phenoxy) is 3. The normalized spacial score (nSPS) is 10.4. The zero-order chi connectivity index (χ0) is 11.6. The minimum absolute atomic E-state index is 0.461. The van der Waals surface area contributed by atoms with Crippen LogP contribution in [0.3, 0.4) is 0 Å². The summed E-state index contributed by atoms with van der Waals surface area (Å²) < 4.78 is 15.6. The Hall–Kier alpha value is -0.840. The zero-order valence-corrected chi connectivity index (χ0v) is 10.1. The van der Waals surface area contributed by atoms with E-state index in [0.29, 0.717) is 30.7 Å². The van der Waals surface area contributed by atoms with Crippen LogP contribution in [0.15, 0.2) is 18.3 Å². The third-order valence-corrected chi connectivity index (χ3v) is 2.06. The Balaban J connectivity index is 2.01. The van der Waals surface area contributed by atoms with Crippen LogP contribution in [-0.4, -0.2) is 38.5 Å². The van der Waals surface area contributed by atoms with Gasteiger partial charge in [0.25, 0.3) is 0 Å². The van der Waals surface area contributed by atoms with Crippen molar-refractivity contribution in [2.45, 2.75) is 6.42 Å². The monoisotopic (exact) mass is 245 g/mol. The fraction of sp³-hybridized carbons (Fsp3) is 0.545. The fourth-order valence-corrected chi connectivity index (χ4v) is 1.19. The number of pyridine rings is 1. The van der Waals surface area contributed by atoms with E-state index in [1.165, 1.54) is 0 Å². The summed E-state index contributed by atoms with van der Waals surface area (Å²) in [6.07, 6.45) is 2.49. The van der Waals surface area contributed by atoms with E-state index in [1.807, 2.05) is 0 Å². The van der Waals surface area contributed by atoms with E-state index in [2.05, 4.69) is 4.98 Å². The van der Waals surface area contributed by atoms with Crippen LogP contribution in [0.1, 0.15) is 6.42 Å². The van der Waals surface area contributed by atoms with Gasteiger partial charge in [-0.2, -0.15) is 0 Å². The summed E-state index contributed by atoms with van der Waals surface area (Å²) >= 11 is 5.64. The number of methoxy groups -OCH3 is 1. The van der Waals surface area contributed by atoms with Crippen LogP contribution in [0.2, 0.25) is 5.15 Å². The quantitative estimate of drug-likeness (QED) is 0.520. The van der Waals surface area contributed by atoms with Crippen LogP contribution in [0.25, 0.3) is 0 Å². The second kappa shape index (κ2) is 8.33. The molecule has 1 rings (SSSR count). The lowest BCUT2D eigenvalue weighted by molar-refractivity contribution is 0.0805. The maximum atomic E-state index is 5.64. The van der Waals surface area contributed by atoms with Crippen molar-refractivity contribution in [1.82, 2.24) is 4.98 Å². The van der Waals surface area contributed by atoms with Gasteiger partial charge in [-0.05, 0) is 18.6 Å². The van der Waals surface area contributed by atoms with E-state index >= 15 is 0 Å². The van der Waals surface area contributed by atoms with Crippen LogP contribution >= 0.6 is 11.6 Å². The highest BCUT2D eigenvalue weighted by Gasteiger charge is 1.95. The Morgan fingerprint density at radius 3 is 2.75 bits per heavy atom. The van der Waals surface area contributed by atoms with Gasteiger partial charge in [0.2, 0.25) is 0 Å². The first kappa shape index (κ1) is 13.2. The highest BCUT2D eigenvalue weighted by atomic mass is 35.5. The van der Waals surface area contributed by atoms with Gasteiger partial charge in [-0.15, -0.1) is 0 Å². The summed E-state index contributed by atoms with van der Waals surface area (Å²) in [6.45, 7) is 2.49.